The van der Waals surface area contributed by atoms with Crippen LogP contribution in [0.25, 0.3) is 0 Å². The first-order valence-corrected chi connectivity index (χ1v) is 5.81. The van der Waals surface area contributed by atoms with Gasteiger partial charge in [0.1, 0.15) is 11.4 Å². The van der Waals surface area contributed by atoms with Crippen molar-refractivity contribution >= 4 is 23.6 Å². The fourth-order valence-corrected chi connectivity index (χ4v) is 1.31. The van der Waals surface area contributed by atoms with Gasteiger partial charge in [0.15, 0.2) is 0 Å². The van der Waals surface area contributed by atoms with Gasteiger partial charge in [0.2, 0.25) is 0 Å². The normalized spacial score (nSPS) is 10.8. The summed E-state index contributed by atoms with van der Waals surface area (Å²) in [5.74, 6) is -1.59. The molecule has 1 aromatic rings. The molecule has 0 heterocycles. The molecule has 0 saturated heterocycles. The summed E-state index contributed by atoms with van der Waals surface area (Å²) in [7, 11) is 0. The van der Waals surface area contributed by atoms with Crippen LogP contribution in [-0.2, 0) is 4.74 Å². The molecule has 0 bridgehead atoms. The highest BCUT2D eigenvalue weighted by Gasteiger charge is 2.17. The Morgan fingerprint density at radius 3 is 2.42 bits per heavy atom. The van der Waals surface area contributed by atoms with E-state index in [2.05, 4.69) is 0 Å². The van der Waals surface area contributed by atoms with Crippen LogP contribution in [0.1, 0.15) is 31.1 Å². The number of carbonyl (C=O) groups excluding carboxylic acids is 2. The molecule has 5 nitrogen and oxygen atoms in total. The molecular formula is C12H14ClFN2O3. The average molecular weight is 289 g/mol. The second-order valence-electron chi connectivity index (χ2n) is 4.71. The van der Waals surface area contributed by atoms with Crippen LogP contribution in [0, 0.1) is 5.82 Å². The van der Waals surface area contributed by atoms with Gasteiger partial charge in [-0.25, -0.2) is 14.6 Å². The number of rotatable bonds is 1. The van der Waals surface area contributed by atoms with E-state index in [1.807, 2.05) is 10.9 Å². The van der Waals surface area contributed by atoms with Crippen LogP contribution < -0.4 is 10.9 Å². The predicted molar refractivity (Wildman–Crippen MR) is 68.2 cm³/mol. The highest BCUT2D eigenvalue weighted by molar-refractivity contribution is 6.30. The van der Waals surface area contributed by atoms with Crippen molar-refractivity contribution < 1.29 is 18.7 Å². The van der Waals surface area contributed by atoms with E-state index < -0.39 is 23.4 Å². The van der Waals surface area contributed by atoms with Crippen LogP contribution in [0.15, 0.2) is 18.2 Å². The summed E-state index contributed by atoms with van der Waals surface area (Å²) in [6, 6.07) is 3.58. The van der Waals surface area contributed by atoms with Gasteiger partial charge in [0.25, 0.3) is 5.91 Å². The van der Waals surface area contributed by atoms with Gasteiger partial charge in [-0.3, -0.25) is 10.2 Å². The van der Waals surface area contributed by atoms with Crippen molar-refractivity contribution in [2.24, 2.45) is 0 Å². The third-order valence-corrected chi connectivity index (χ3v) is 2.09. The quantitative estimate of drug-likeness (QED) is 0.781. The molecule has 0 aliphatic carbocycles. The van der Waals surface area contributed by atoms with Gasteiger partial charge in [0.05, 0.1) is 5.56 Å². The predicted octanol–water partition coefficient (Wildman–Crippen LogP) is 2.65. The summed E-state index contributed by atoms with van der Waals surface area (Å²) in [5.41, 5.74) is 3.12. The standard InChI is InChI=1S/C12H14ClFN2O3/c1-12(2,3)19-11(18)16-15-10(17)8-5-4-7(13)6-9(8)14/h4-6H,1-3H3,(H,15,17)(H,16,18). The summed E-state index contributed by atoms with van der Waals surface area (Å²) in [4.78, 5) is 22.9. The number of halogens is 2. The van der Waals surface area contributed by atoms with E-state index in [0.717, 1.165) is 6.07 Å². The van der Waals surface area contributed by atoms with Gasteiger partial charge in [-0.2, -0.15) is 0 Å². The minimum atomic E-state index is -0.838. The van der Waals surface area contributed by atoms with Gasteiger partial charge in [-0.1, -0.05) is 11.6 Å². The third-order valence-electron chi connectivity index (χ3n) is 1.85. The lowest BCUT2D eigenvalue weighted by atomic mass is 10.2. The Bertz CT molecular complexity index is 500. The average Bonchev–Trinajstić information content (AvgIpc) is 2.23. The molecule has 1 rings (SSSR count). The summed E-state index contributed by atoms with van der Waals surface area (Å²) in [5, 5.41) is 0.175. The zero-order valence-corrected chi connectivity index (χ0v) is 11.5. The van der Waals surface area contributed by atoms with Crippen molar-refractivity contribution in [2.45, 2.75) is 26.4 Å². The molecule has 7 heteroatoms. The lowest BCUT2D eigenvalue weighted by Crippen LogP contribution is -2.44. The number of hydrazine groups is 1. The zero-order chi connectivity index (χ0) is 14.6. The number of amides is 2. The van der Waals surface area contributed by atoms with E-state index >= 15 is 0 Å². The molecule has 0 radical (unpaired) electrons. The number of nitrogens with one attached hydrogen (secondary N) is 2. The minimum Gasteiger partial charge on any atom is -0.443 e. The maximum Gasteiger partial charge on any atom is 0.426 e. The van der Waals surface area contributed by atoms with Crippen LogP contribution in [0.2, 0.25) is 5.02 Å². The first kappa shape index (κ1) is 15.2. The molecule has 19 heavy (non-hydrogen) atoms. The molecule has 2 N–H and O–H groups in total. The molecule has 0 aromatic heterocycles. The van der Waals surface area contributed by atoms with Crippen LogP contribution >= 0.6 is 11.6 Å². The zero-order valence-electron chi connectivity index (χ0n) is 10.7. The number of ether oxygens (including phenoxy) is 1. The van der Waals surface area contributed by atoms with Gasteiger partial charge in [-0.15, -0.1) is 0 Å². The second kappa shape index (κ2) is 5.88. The topological polar surface area (TPSA) is 67.4 Å². The largest absolute Gasteiger partial charge is 0.443 e. The summed E-state index contributed by atoms with van der Waals surface area (Å²) < 4.78 is 18.3. The van der Waals surface area contributed by atoms with Gasteiger partial charge >= 0.3 is 6.09 Å². The maximum absolute atomic E-state index is 13.4. The summed E-state index contributed by atoms with van der Waals surface area (Å²) in [6.07, 6.45) is -0.838. The van der Waals surface area contributed by atoms with E-state index in [9.17, 15) is 14.0 Å². The molecular weight excluding hydrogens is 275 g/mol. The molecule has 0 aliphatic heterocycles. The van der Waals surface area contributed by atoms with Crippen molar-refractivity contribution in [3.05, 3.63) is 34.6 Å². The second-order valence-corrected chi connectivity index (χ2v) is 5.14. The van der Waals surface area contributed by atoms with E-state index in [1.165, 1.54) is 12.1 Å². The molecule has 0 saturated carbocycles. The summed E-state index contributed by atoms with van der Waals surface area (Å²) in [6.45, 7) is 5.02. The van der Waals surface area contributed by atoms with Crippen molar-refractivity contribution in [3.8, 4) is 0 Å². The number of hydrogen-bond acceptors (Lipinski definition) is 3. The van der Waals surface area contributed by atoms with Crippen molar-refractivity contribution in [2.75, 3.05) is 0 Å². The monoisotopic (exact) mass is 288 g/mol. The first-order valence-electron chi connectivity index (χ1n) is 5.43. The van der Waals surface area contributed by atoms with Crippen LogP contribution in [0.4, 0.5) is 9.18 Å². The maximum atomic E-state index is 13.4. The SMILES string of the molecule is CC(C)(C)OC(=O)NNC(=O)c1ccc(Cl)cc1F. The van der Waals surface area contributed by atoms with Crippen LogP contribution in [0.3, 0.4) is 0 Å². The molecule has 104 valence electrons. The van der Waals surface area contributed by atoms with E-state index in [1.54, 1.807) is 20.8 Å². The Balaban J connectivity index is 2.59. The molecule has 0 unspecified atom stereocenters. The fraction of sp³-hybridized carbons (Fsp3) is 0.333. The number of benzene rings is 1. The minimum absolute atomic E-state index is 0.175. The Hall–Kier alpha value is -1.82. The van der Waals surface area contributed by atoms with Crippen molar-refractivity contribution in [1.29, 1.82) is 0 Å². The Kier molecular flexibility index (Phi) is 4.72. The van der Waals surface area contributed by atoms with Crippen molar-refractivity contribution in [1.82, 2.24) is 10.9 Å². The fourth-order valence-electron chi connectivity index (χ4n) is 1.15. The third kappa shape index (κ3) is 5.13. The molecule has 0 spiro atoms. The van der Waals surface area contributed by atoms with Crippen LogP contribution in [-0.4, -0.2) is 17.6 Å². The van der Waals surface area contributed by atoms with Crippen LogP contribution in [0.5, 0.6) is 0 Å². The highest BCUT2D eigenvalue weighted by Crippen LogP contribution is 2.14. The number of hydrogen-bond donors (Lipinski definition) is 2. The first-order chi connectivity index (χ1) is 8.69. The molecule has 0 fully saturated rings. The Labute approximate surface area is 115 Å². The molecule has 0 aliphatic rings. The lowest BCUT2D eigenvalue weighted by molar-refractivity contribution is 0.0483. The van der Waals surface area contributed by atoms with Crippen molar-refractivity contribution in [3.63, 3.8) is 0 Å². The molecule has 0 atom stereocenters. The van der Waals surface area contributed by atoms with Gasteiger partial charge < -0.3 is 4.74 Å². The Morgan fingerprint density at radius 1 is 1.26 bits per heavy atom. The van der Waals surface area contributed by atoms with E-state index in [0.29, 0.717) is 0 Å². The van der Waals surface area contributed by atoms with E-state index in [4.69, 9.17) is 16.3 Å². The van der Waals surface area contributed by atoms with E-state index in [-0.39, 0.29) is 10.6 Å². The molecule has 2 amide bonds. The smallest absolute Gasteiger partial charge is 0.426 e. The molecule has 1 aromatic carbocycles. The Morgan fingerprint density at radius 2 is 1.89 bits per heavy atom. The number of carbonyl (C=O) groups is 2. The van der Waals surface area contributed by atoms with Gasteiger partial charge in [0, 0.05) is 5.02 Å². The highest BCUT2D eigenvalue weighted by atomic mass is 35.5. The summed E-state index contributed by atoms with van der Waals surface area (Å²) >= 11 is 5.56. The lowest BCUT2D eigenvalue weighted by Gasteiger charge is -2.19. The van der Waals surface area contributed by atoms with Gasteiger partial charge in [-0.05, 0) is 39.0 Å².